The zero-order valence-electron chi connectivity index (χ0n) is 20.6. The molecule has 2 heterocycles. The number of rotatable bonds is 11. The van der Waals surface area contributed by atoms with Crippen LogP contribution in [0.3, 0.4) is 0 Å². The number of hydrogen-bond acceptors (Lipinski definition) is 6. The Kier molecular flexibility index (Phi) is 8.18. The zero-order chi connectivity index (χ0) is 25.5. The second-order valence-electron chi connectivity index (χ2n) is 9.26. The Labute approximate surface area is 216 Å². The minimum absolute atomic E-state index is 0.0440. The van der Waals surface area contributed by atoms with Crippen molar-refractivity contribution in [2.24, 2.45) is 0 Å². The zero-order valence-corrected chi connectivity index (χ0v) is 20.6. The number of fused-ring (bicyclic) bond motifs is 1. The number of nitrogens with zero attached hydrogens (tertiary/aromatic N) is 1. The van der Waals surface area contributed by atoms with Gasteiger partial charge < -0.3 is 24.3 Å². The summed E-state index contributed by atoms with van der Waals surface area (Å²) in [6.07, 6.45) is 1.10. The van der Waals surface area contributed by atoms with E-state index >= 15 is 0 Å². The molecule has 3 aromatic carbocycles. The van der Waals surface area contributed by atoms with Gasteiger partial charge in [-0.25, -0.2) is 4.39 Å². The molecule has 0 radical (unpaired) electrons. The monoisotopic (exact) mass is 506 g/mol. The molecular weight excluding hydrogens is 475 g/mol. The molecule has 1 fully saturated rings. The van der Waals surface area contributed by atoms with Crippen LogP contribution in [-0.4, -0.2) is 49.5 Å². The summed E-state index contributed by atoms with van der Waals surface area (Å²) in [5, 5.41) is 2.95. The maximum absolute atomic E-state index is 14.5. The topological polar surface area (TPSA) is 69.3 Å². The first-order valence-corrected chi connectivity index (χ1v) is 12.6. The molecule has 8 heteroatoms. The van der Waals surface area contributed by atoms with Gasteiger partial charge in [-0.1, -0.05) is 48.5 Å². The molecule has 0 saturated carbocycles. The Morgan fingerprint density at radius 2 is 1.84 bits per heavy atom. The minimum atomic E-state index is -0.934. The van der Waals surface area contributed by atoms with Crippen molar-refractivity contribution < 1.29 is 28.1 Å². The number of ether oxygens (including phenoxy) is 4. The van der Waals surface area contributed by atoms with E-state index in [4.69, 9.17) is 18.9 Å². The van der Waals surface area contributed by atoms with Crippen LogP contribution in [0.5, 0.6) is 17.2 Å². The van der Waals surface area contributed by atoms with E-state index in [-0.39, 0.29) is 31.1 Å². The van der Waals surface area contributed by atoms with Crippen molar-refractivity contribution in [3.8, 4) is 17.2 Å². The second kappa shape index (κ2) is 12.1. The maximum Gasteiger partial charge on any atom is 0.262 e. The van der Waals surface area contributed by atoms with Crippen LogP contribution in [0, 0.1) is 5.82 Å². The van der Waals surface area contributed by atoms with Crippen LogP contribution in [-0.2, 0) is 22.6 Å². The third-order valence-corrected chi connectivity index (χ3v) is 6.46. The number of amides is 1. The Hall–Kier alpha value is -3.62. The van der Waals surface area contributed by atoms with Crippen molar-refractivity contribution in [3.63, 3.8) is 0 Å². The first kappa shape index (κ1) is 25.0. The lowest BCUT2D eigenvalue weighted by molar-refractivity contribution is -0.129. The molecule has 1 amide bonds. The highest BCUT2D eigenvalue weighted by Crippen LogP contribution is 2.33. The van der Waals surface area contributed by atoms with Gasteiger partial charge in [0.2, 0.25) is 6.79 Å². The Morgan fingerprint density at radius 3 is 2.65 bits per heavy atom. The van der Waals surface area contributed by atoms with Crippen LogP contribution in [0.1, 0.15) is 24.0 Å². The van der Waals surface area contributed by atoms with Crippen molar-refractivity contribution in [1.29, 1.82) is 0 Å². The lowest BCUT2D eigenvalue weighted by Gasteiger charge is -2.29. The van der Waals surface area contributed by atoms with Gasteiger partial charge in [-0.3, -0.25) is 9.69 Å². The van der Waals surface area contributed by atoms with Gasteiger partial charge in [0, 0.05) is 32.8 Å². The Bertz CT molecular complexity index is 1190. The van der Waals surface area contributed by atoms with Crippen LogP contribution >= 0.6 is 0 Å². The third kappa shape index (κ3) is 6.78. The molecule has 0 spiro atoms. The highest BCUT2D eigenvalue weighted by Gasteiger charge is 2.28. The molecule has 3 aromatic rings. The molecule has 0 aromatic heterocycles. The van der Waals surface area contributed by atoms with E-state index in [0.717, 1.165) is 36.3 Å². The molecule has 7 nitrogen and oxygen atoms in total. The van der Waals surface area contributed by atoms with Crippen LogP contribution in [0.15, 0.2) is 72.8 Å². The lowest BCUT2D eigenvalue weighted by atomic mass is 10.1. The summed E-state index contributed by atoms with van der Waals surface area (Å²) in [6, 6.07) is 21.6. The van der Waals surface area contributed by atoms with E-state index in [2.05, 4.69) is 10.2 Å². The summed E-state index contributed by atoms with van der Waals surface area (Å²) in [4.78, 5) is 15.5. The smallest absolute Gasteiger partial charge is 0.262 e. The summed E-state index contributed by atoms with van der Waals surface area (Å²) in [6.45, 7) is 2.71. The van der Waals surface area contributed by atoms with Crippen LogP contribution in [0.25, 0.3) is 0 Å². The number of hydrogen-bond donors (Lipinski definition) is 1. The molecule has 2 aliphatic heterocycles. The number of nitrogens with one attached hydrogen (secondary N) is 1. The van der Waals surface area contributed by atoms with Crippen molar-refractivity contribution in [3.05, 3.63) is 89.7 Å². The quantitative estimate of drug-likeness (QED) is 0.418. The average Bonchev–Trinajstić information content (AvgIpc) is 3.60. The van der Waals surface area contributed by atoms with E-state index in [0.29, 0.717) is 25.4 Å². The molecular formula is C29H31FN2O5. The number of para-hydroxylation sites is 1. The van der Waals surface area contributed by atoms with E-state index in [1.165, 1.54) is 12.1 Å². The summed E-state index contributed by atoms with van der Waals surface area (Å²) in [5.41, 5.74) is 1.98. The van der Waals surface area contributed by atoms with E-state index in [9.17, 15) is 9.18 Å². The molecule has 0 bridgehead atoms. The normalized spacial score (nSPS) is 17.1. The van der Waals surface area contributed by atoms with Gasteiger partial charge in [0.25, 0.3) is 5.91 Å². The average molecular weight is 507 g/mol. The molecule has 2 aliphatic rings. The fourth-order valence-corrected chi connectivity index (χ4v) is 4.58. The van der Waals surface area contributed by atoms with E-state index in [1.54, 1.807) is 12.1 Å². The number of carbonyl (C=O) groups is 1. The molecule has 0 unspecified atom stereocenters. The first-order valence-electron chi connectivity index (χ1n) is 12.6. The Morgan fingerprint density at radius 1 is 1.03 bits per heavy atom. The Balaban J connectivity index is 1.34. The van der Waals surface area contributed by atoms with E-state index in [1.807, 2.05) is 48.5 Å². The first-order chi connectivity index (χ1) is 18.1. The predicted octanol–water partition coefficient (Wildman–Crippen LogP) is 4.30. The molecule has 2 atom stereocenters. The highest BCUT2D eigenvalue weighted by atomic mass is 19.1. The highest BCUT2D eigenvalue weighted by molar-refractivity contribution is 5.81. The van der Waals surface area contributed by atoms with Gasteiger partial charge in [0.15, 0.2) is 29.2 Å². The molecule has 1 saturated heterocycles. The minimum Gasteiger partial charge on any atom is -0.476 e. The predicted molar refractivity (Wildman–Crippen MR) is 136 cm³/mol. The van der Waals surface area contributed by atoms with Crippen molar-refractivity contribution >= 4 is 5.91 Å². The molecule has 1 N–H and O–H groups in total. The SMILES string of the molecule is O=C(NCc1ccccc1)[C@H](CN(Cc1ccc2c(c1)OCO2)C[C@H]1CCCO1)Oc1ccccc1F. The second-order valence-corrected chi connectivity index (χ2v) is 9.26. The maximum atomic E-state index is 14.5. The molecule has 5 rings (SSSR count). The van der Waals surface area contributed by atoms with Gasteiger partial charge in [0.1, 0.15) is 0 Å². The van der Waals surface area contributed by atoms with Crippen molar-refractivity contribution in [2.75, 3.05) is 26.5 Å². The molecule has 194 valence electrons. The lowest BCUT2D eigenvalue weighted by Crippen LogP contribution is -2.47. The van der Waals surface area contributed by atoms with Crippen molar-refractivity contribution in [1.82, 2.24) is 10.2 Å². The number of halogens is 1. The van der Waals surface area contributed by atoms with Gasteiger partial charge in [-0.2, -0.15) is 0 Å². The molecule has 0 aliphatic carbocycles. The van der Waals surface area contributed by atoms with Gasteiger partial charge in [-0.15, -0.1) is 0 Å². The van der Waals surface area contributed by atoms with Crippen LogP contribution < -0.4 is 19.5 Å². The standard InChI is InChI=1S/C29H31FN2O5/c30-24-10-4-5-11-25(24)37-28(29(33)31-16-21-7-2-1-3-8-21)19-32(18-23-9-6-14-34-23)17-22-12-13-26-27(15-22)36-20-35-26/h1-5,7-8,10-13,15,23,28H,6,9,14,16-20H2,(H,31,33)/t23-,28+/m1/s1. The van der Waals surface area contributed by atoms with Crippen LogP contribution in [0.4, 0.5) is 4.39 Å². The largest absolute Gasteiger partial charge is 0.476 e. The number of carbonyl (C=O) groups excluding carboxylic acids is 1. The molecule has 37 heavy (non-hydrogen) atoms. The van der Waals surface area contributed by atoms with Gasteiger partial charge in [-0.05, 0) is 48.2 Å². The van der Waals surface area contributed by atoms with Gasteiger partial charge in [0.05, 0.1) is 6.10 Å². The fraction of sp³-hybridized carbons (Fsp3) is 0.345. The van der Waals surface area contributed by atoms with Gasteiger partial charge >= 0.3 is 0 Å². The fourth-order valence-electron chi connectivity index (χ4n) is 4.58. The summed E-state index contributed by atoms with van der Waals surface area (Å²) in [7, 11) is 0. The summed E-state index contributed by atoms with van der Waals surface area (Å²) >= 11 is 0. The summed E-state index contributed by atoms with van der Waals surface area (Å²) in [5.74, 6) is 0.646. The summed E-state index contributed by atoms with van der Waals surface area (Å²) < 4.78 is 37.3. The van der Waals surface area contributed by atoms with Crippen LogP contribution in [0.2, 0.25) is 0 Å². The van der Waals surface area contributed by atoms with Crippen molar-refractivity contribution in [2.45, 2.75) is 38.1 Å². The third-order valence-electron chi connectivity index (χ3n) is 6.46. The van der Waals surface area contributed by atoms with E-state index < -0.39 is 11.9 Å². The number of benzene rings is 3.